The number of nitrogens with zero attached hydrogens (tertiary/aromatic N) is 3. The monoisotopic (exact) mass is 347 g/mol. The van der Waals surface area contributed by atoms with Crippen molar-refractivity contribution in [3.8, 4) is 5.88 Å². The van der Waals surface area contributed by atoms with Crippen LogP contribution in [-0.4, -0.2) is 41.9 Å². The number of piperidine rings is 1. The lowest BCUT2D eigenvalue weighted by molar-refractivity contribution is 0.124. The molecule has 0 saturated carbocycles. The standard InChI is InChI=1S/C17H21N3O3S/c1-14-18-10-9-17(19-14)23-16-8-5-11-20(12-16)24(21,22)13-15-6-3-2-4-7-15/h2-4,6-7,9-10,16H,5,8,11-13H2,1H3. The van der Waals surface area contributed by atoms with Crippen molar-refractivity contribution in [3.63, 3.8) is 0 Å². The molecule has 2 heterocycles. The molecule has 0 bridgehead atoms. The number of aromatic nitrogens is 2. The largest absolute Gasteiger partial charge is 0.473 e. The molecule has 1 saturated heterocycles. The fourth-order valence-corrected chi connectivity index (χ4v) is 4.40. The number of hydrogen-bond donors (Lipinski definition) is 0. The number of hydrogen-bond acceptors (Lipinski definition) is 5. The van der Waals surface area contributed by atoms with Crippen LogP contribution in [0.3, 0.4) is 0 Å². The van der Waals surface area contributed by atoms with E-state index >= 15 is 0 Å². The molecule has 24 heavy (non-hydrogen) atoms. The Morgan fingerprint density at radius 3 is 2.79 bits per heavy atom. The lowest BCUT2D eigenvalue weighted by Crippen LogP contribution is -2.44. The molecule has 1 aliphatic rings. The molecule has 6 nitrogen and oxygen atoms in total. The predicted molar refractivity (Wildman–Crippen MR) is 91.1 cm³/mol. The second kappa shape index (κ2) is 7.27. The molecule has 0 radical (unpaired) electrons. The summed E-state index contributed by atoms with van der Waals surface area (Å²) in [6, 6.07) is 10.9. The molecule has 3 rings (SSSR count). The first-order chi connectivity index (χ1) is 11.5. The van der Waals surface area contributed by atoms with E-state index in [0.29, 0.717) is 24.8 Å². The molecule has 0 N–H and O–H groups in total. The highest BCUT2D eigenvalue weighted by Gasteiger charge is 2.30. The second-order valence-electron chi connectivity index (χ2n) is 5.92. The molecular formula is C17H21N3O3S. The van der Waals surface area contributed by atoms with Gasteiger partial charge in [-0.2, -0.15) is 9.29 Å². The van der Waals surface area contributed by atoms with Crippen molar-refractivity contribution in [2.75, 3.05) is 13.1 Å². The first-order valence-corrected chi connectivity index (χ1v) is 9.62. The third-order valence-corrected chi connectivity index (χ3v) is 5.78. The van der Waals surface area contributed by atoms with E-state index in [2.05, 4.69) is 9.97 Å². The minimum Gasteiger partial charge on any atom is -0.473 e. The molecule has 1 fully saturated rings. The lowest BCUT2D eigenvalue weighted by atomic mass is 10.1. The summed E-state index contributed by atoms with van der Waals surface area (Å²) in [7, 11) is -3.35. The zero-order valence-corrected chi connectivity index (χ0v) is 14.4. The second-order valence-corrected chi connectivity index (χ2v) is 7.89. The van der Waals surface area contributed by atoms with Crippen LogP contribution in [0.5, 0.6) is 5.88 Å². The number of sulfonamides is 1. The first kappa shape index (κ1) is 16.9. The van der Waals surface area contributed by atoms with Gasteiger partial charge in [0.25, 0.3) is 0 Å². The van der Waals surface area contributed by atoms with Gasteiger partial charge in [0.05, 0.1) is 12.3 Å². The highest BCUT2D eigenvalue weighted by molar-refractivity contribution is 7.88. The zero-order chi connectivity index (χ0) is 17.0. The quantitative estimate of drug-likeness (QED) is 0.829. The SMILES string of the molecule is Cc1nccc(OC2CCCN(S(=O)(=O)Cc3ccccc3)C2)n1. The average molecular weight is 347 g/mol. The zero-order valence-electron chi connectivity index (χ0n) is 13.6. The van der Waals surface area contributed by atoms with Gasteiger partial charge in [-0.3, -0.25) is 0 Å². The highest BCUT2D eigenvalue weighted by Crippen LogP contribution is 2.20. The molecule has 7 heteroatoms. The van der Waals surface area contributed by atoms with Crippen LogP contribution in [0.4, 0.5) is 0 Å². The molecule has 1 unspecified atom stereocenters. The van der Waals surface area contributed by atoms with Gasteiger partial charge in [0.2, 0.25) is 15.9 Å². The van der Waals surface area contributed by atoms with Gasteiger partial charge in [0.1, 0.15) is 11.9 Å². The Bertz CT molecular complexity index is 781. The Hall–Kier alpha value is -1.99. The summed E-state index contributed by atoms with van der Waals surface area (Å²) in [5.74, 6) is 1.15. The molecule has 1 atom stereocenters. The summed E-state index contributed by atoms with van der Waals surface area (Å²) in [4.78, 5) is 8.26. The van der Waals surface area contributed by atoms with Crippen molar-refractivity contribution < 1.29 is 13.2 Å². The van der Waals surface area contributed by atoms with Crippen LogP contribution >= 0.6 is 0 Å². The van der Waals surface area contributed by atoms with E-state index in [1.807, 2.05) is 30.3 Å². The van der Waals surface area contributed by atoms with Crippen LogP contribution in [0, 0.1) is 6.92 Å². The molecule has 2 aromatic rings. The number of ether oxygens (including phenoxy) is 1. The van der Waals surface area contributed by atoms with Crippen molar-refractivity contribution in [2.45, 2.75) is 31.6 Å². The van der Waals surface area contributed by atoms with Crippen LogP contribution < -0.4 is 4.74 Å². The first-order valence-electron chi connectivity index (χ1n) is 8.01. The minimum absolute atomic E-state index is 0.0210. The maximum absolute atomic E-state index is 12.7. The Labute approximate surface area is 142 Å². The molecule has 1 aliphatic heterocycles. The van der Waals surface area contributed by atoms with Crippen molar-refractivity contribution >= 4 is 10.0 Å². The van der Waals surface area contributed by atoms with Crippen molar-refractivity contribution in [1.29, 1.82) is 0 Å². The van der Waals surface area contributed by atoms with Crippen LogP contribution in [0.2, 0.25) is 0 Å². The molecule has 0 amide bonds. The summed E-state index contributed by atoms with van der Waals surface area (Å²) in [5, 5.41) is 0. The smallest absolute Gasteiger partial charge is 0.218 e. The van der Waals surface area contributed by atoms with Gasteiger partial charge in [-0.15, -0.1) is 0 Å². The van der Waals surface area contributed by atoms with Crippen molar-refractivity contribution in [3.05, 3.63) is 54.0 Å². The third-order valence-electron chi connectivity index (χ3n) is 3.96. The molecule has 0 spiro atoms. The summed E-state index contributed by atoms with van der Waals surface area (Å²) in [6.07, 6.45) is 3.06. The van der Waals surface area contributed by atoms with Crippen LogP contribution in [0.1, 0.15) is 24.2 Å². The number of aryl methyl sites for hydroxylation is 1. The van der Waals surface area contributed by atoms with E-state index < -0.39 is 10.0 Å². The average Bonchev–Trinajstić information content (AvgIpc) is 2.56. The molecule has 1 aromatic heterocycles. The topological polar surface area (TPSA) is 72.4 Å². The van der Waals surface area contributed by atoms with Gasteiger partial charge < -0.3 is 4.74 Å². The van der Waals surface area contributed by atoms with Gasteiger partial charge in [-0.25, -0.2) is 13.4 Å². The van der Waals surface area contributed by atoms with Crippen LogP contribution in [0.15, 0.2) is 42.6 Å². The lowest BCUT2D eigenvalue weighted by Gasteiger charge is -2.31. The summed E-state index contributed by atoms with van der Waals surface area (Å²) in [6.45, 7) is 2.69. The van der Waals surface area contributed by atoms with E-state index in [1.165, 1.54) is 4.31 Å². The summed E-state index contributed by atoms with van der Waals surface area (Å²) < 4.78 is 32.7. The molecular weight excluding hydrogens is 326 g/mol. The minimum atomic E-state index is -3.35. The number of rotatable bonds is 5. The predicted octanol–water partition coefficient (Wildman–Crippen LogP) is 2.16. The number of benzene rings is 1. The molecule has 1 aromatic carbocycles. The maximum atomic E-state index is 12.7. The third kappa shape index (κ3) is 4.30. The Morgan fingerprint density at radius 1 is 1.25 bits per heavy atom. The Balaban J connectivity index is 1.66. The summed E-state index contributed by atoms with van der Waals surface area (Å²) >= 11 is 0. The van der Waals surface area contributed by atoms with Crippen molar-refractivity contribution in [1.82, 2.24) is 14.3 Å². The van der Waals surface area contributed by atoms with E-state index in [1.54, 1.807) is 19.2 Å². The summed E-state index contributed by atoms with van der Waals surface area (Å²) in [5.41, 5.74) is 0.798. The highest BCUT2D eigenvalue weighted by atomic mass is 32.2. The van der Waals surface area contributed by atoms with Crippen molar-refractivity contribution in [2.24, 2.45) is 0 Å². The Kier molecular flexibility index (Phi) is 5.11. The maximum Gasteiger partial charge on any atom is 0.218 e. The van der Waals surface area contributed by atoms with E-state index in [9.17, 15) is 8.42 Å². The van der Waals surface area contributed by atoms with E-state index in [4.69, 9.17) is 4.74 Å². The van der Waals surface area contributed by atoms with E-state index in [0.717, 1.165) is 18.4 Å². The molecule has 128 valence electrons. The van der Waals surface area contributed by atoms with Crippen LogP contribution in [0.25, 0.3) is 0 Å². The van der Waals surface area contributed by atoms with E-state index in [-0.39, 0.29) is 11.9 Å². The fourth-order valence-electron chi connectivity index (χ4n) is 2.80. The van der Waals surface area contributed by atoms with Gasteiger partial charge in [0.15, 0.2) is 0 Å². The van der Waals surface area contributed by atoms with Gasteiger partial charge in [-0.05, 0) is 25.3 Å². The fraction of sp³-hybridized carbons (Fsp3) is 0.412. The normalized spacial score (nSPS) is 19.1. The van der Waals surface area contributed by atoms with Gasteiger partial charge >= 0.3 is 0 Å². The molecule has 0 aliphatic carbocycles. The van der Waals surface area contributed by atoms with Gasteiger partial charge in [-0.1, -0.05) is 30.3 Å². The Morgan fingerprint density at radius 2 is 2.04 bits per heavy atom. The van der Waals surface area contributed by atoms with Gasteiger partial charge in [0, 0.05) is 18.8 Å². The van der Waals surface area contributed by atoms with Crippen LogP contribution in [-0.2, 0) is 15.8 Å².